The lowest BCUT2D eigenvalue weighted by atomic mass is 10.3. The minimum Gasteiger partial charge on any atom is -0.481 e. The molecule has 0 heterocycles. The Hall–Kier alpha value is -0.618. The van der Waals surface area contributed by atoms with E-state index >= 15 is 0 Å². The van der Waals surface area contributed by atoms with Crippen LogP contribution in [0.5, 0.6) is 0 Å². The second-order valence-electron chi connectivity index (χ2n) is 1.94. The summed E-state index contributed by atoms with van der Waals surface area (Å²) in [5, 5.41) is 13.9. The van der Waals surface area contributed by atoms with Crippen molar-refractivity contribution in [2.45, 2.75) is 11.7 Å². The predicted molar refractivity (Wildman–Crippen MR) is 45.2 cm³/mol. The first-order valence-corrected chi connectivity index (χ1v) is 4.16. The number of carboxylic acids is 2. The van der Waals surface area contributed by atoms with E-state index in [0.29, 0.717) is 0 Å². The molecule has 9 heteroatoms. The third kappa shape index (κ3) is 5.59. The van der Waals surface area contributed by atoms with Crippen LogP contribution in [0.3, 0.4) is 0 Å². The first kappa shape index (κ1) is 14.9. The van der Waals surface area contributed by atoms with Crippen molar-refractivity contribution < 1.29 is 32.8 Å². The number of hydrogen-bond donors (Lipinski definition) is 3. The van der Waals surface area contributed by atoms with Gasteiger partial charge < -0.3 is 10.2 Å². The highest BCUT2D eigenvalue weighted by atomic mass is 32.2. The predicted octanol–water partition coefficient (Wildman–Crippen LogP) is -2.38. The van der Waals surface area contributed by atoms with E-state index in [1.165, 1.54) is 0 Å². The highest BCUT2D eigenvalue weighted by Gasteiger charge is 2.33. The van der Waals surface area contributed by atoms with Crippen LogP contribution in [0.25, 0.3) is 0 Å². The number of carbonyl (C=O) groups is 2. The van der Waals surface area contributed by atoms with Crippen LogP contribution in [0.15, 0.2) is 0 Å². The first-order valence-electron chi connectivity index (χ1n) is 2.66. The van der Waals surface area contributed by atoms with Crippen LogP contribution >= 0.6 is 0 Å². The van der Waals surface area contributed by atoms with E-state index in [0.717, 1.165) is 0 Å². The summed E-state index contributed by atoms with van der Waals surface area (Å²) < 4.78 is 28.7. The van der Waals surface area contributed by atoms with Crippen LogP contribution in [0.2, 0.25) is 0 Å². The van der Waals surface area contributed by atoms with Crippen molar-refractivity contribution in [3.8, 4) is 0 Å². The van der Waals surface area contributed by atoms with Crippen molar-refractivity contribution in [3.63, 3.8) is 0 Å². The lowest BCUT2D eigenvalue weighted by Crippen LogP contribution is -2.31. The molecule has 0 amide bonds. The Bertz CT molecular complexity index is 294. The van der Waals surface area contributed by atoms with Gasteiger partial charge in [0, 0.05) is 0 Å². The second kappa shape index (κ2) is 5.19. The molecule has 0 aliphatic heterocycles. The second-order valence-corrected chi connectivity index (χ2v) is 3.54. The molecule has 76 valence electrons. The molecule has 7 nitrogen and oxygen atoms in total. The third-order valence-electron chi connectivity index (χ3n) is 0.995. The van der Waals surface area contributed by atoms with Gasteiger partial charge in [-0.2, -0.15) is 8.42 Å². The molecule has 0 saturated carbocycles. The maximum Gasteiger partial charge on any atom is 0.325 e. The van der Waals surface area contributed by atoms with Crippen molar-refractivity contribution in [2.24, 2.45) is 0 Å². The molecule has 0 aromatic carbocycles. The molecule has 0 aromatic rings. The Morgan fingerprint density at radius 2 is 1.62 bits per heavy atom. The SMILES string of the molecule is O=C(O)CC(C(=O)O)S(=O)(=O)O.[AlH3]. The Morgan fingerprint density at radius 3 is 1.69 bits per heavy atom. The Kier molecular flexibility index (Phi) is 5.94. The summed E-state index contributed by atoms with van der Waals surface area (Å²) in [6, 6.07) is 0. The zero-order chi connectivity index (χ0) is 9.94. The summed E-state index contributed by atoms with van der Waals surface area (Å²) in [7, 11) is -4.84. The van der Waals surface area contributed by atoms with Crippen LogP contribution in [0.1, 0.15) is 6.42 Å². The number of hydrogen-bond acceptors (Lipinski definition) is 4. The molecule has 13 heavy (non-hydrogen) atoms. The van der Waals surface area contributed by atoms with Crippen molar-refractivity contribution in [1.82, 2.24) is 0 Å². The van der Waals surface area contributed by atoms with Gasteiger partial charge in [-0.25, -0.2) is 0 Å². The molecule has 3 N–H and O–H groups in total. The van der Waals surface area contributed by atoms with Crippen LogP contribution in [-0.4, -0.2) is 57.7 Å². The molecule has 0 aromatic heterocycles. The van der Waals surface area contributed by atoms with Gasteiger partial charge in [-0.1, -0.05) is 0 Å². The average molecular weight is 228 g/mol. The molecular weight excluding hydrogens is 219 g/mol. The number of rotatable bonds is 4. The molecule has 0 bridgehead atoms. The van der Waals surface area contributed by atoms with E-state index < -0.39 is 33.7 Å². The molecule has 0 aliphatic carbocycles. The molecule has 0 rings (SSSR count). The van der Waals surface area contributed by atoms with Gasteiger partial charge >= 0.3 is 11.9 Å². The van der Waals surface area contributed by atoms with E-state index in [4.69, 9.17) is 14.8 Å². The molecule has 0 radical (unpaired) electrons. The minimum atomic E-state index is -4.84. The maximum absolute atomic E-state index is 10.2. The lowest BCUT2D eigenvalue weighted by molar-refractivity contribution is -0.143. The summed E-state index contributed by atoms with van der Waals surface area (Å²) >= 11 is 0. The van der Waals surface area contributed by atoms with Crippen LogP contribution in [0.4, 0.5) is 0 Å². The van der Waals surface area contributed by atoms with E-state index in [1.807, 2.05) is 0 Å². The summed E-state index contributed by atoms with van der Waals surface area (Å²) in [6.45, 7) is 0. The molecule has 0 aliphatic rings. The Labute approximate surface area is 84.2 Å². The molecule has 1 unspecified atom stereocenters. The fourth-order valence-electron chi connectivity index (χ4n) is 0.479. The van der Waals surface area contributed by atoms with Gasteiger partial charge in [0.1, 0.15) is 0 Å². The standard InChI is InChI=1S/C4H6O7S.Al.3H/c5-3(6)1-2(4(7)8)12(9,10)11;;;;/h2H,1H2,(H,5,6)(H,7,8)(H,9,10,11);;;;. The van der Waals surface area contributed by atoms with Crippen molar-refractivity contribution in [1.29, 1.82) is 0 Å². The van der Waals surface area contributed by atoms with Gasteiger partial charge in [0.2, 0.25) is 0 Å². The van der Waals surface area contributed by atoms with E-state index in [-0.39, 0.29) is 17.4 Å². The molecule has 0 fully saturated rings. The van der Waals surface area contributed by atoms with Crippen molar-refractivity contribution in [3.05, 3.63) is 0 Å². The van der Waals surface area contributed by atoms with E-state index in [1.54, 1.807) is 0 Å². The number of carboxylic acid groups (broad SMARTS) is 2. The zero-order valence-corrected chi connectivity index (χ0v) is 6.48. The smallest absolute Gasteiger partial charge is 0.325 e. The molecule has 0 saturated heterocycles. The zero-order valence-electron chi connectivity index (χ0n) is 5.67. The highest BCUT2D eigenvalue weighted by molar-refractivity contribution is 7.87. The van der Waals surface area contributed by atoms with Gasteiger partial charge in [-0.3, -0.25) is 14.1 Å². The summed E-state index contributed by atoms with van der Waals surface area (Å²) in [6.07, 6.45) is -1.16. The maximum atomic E-state index is 10.2. The fraction of sp³-hybridized carbons (Fsp3) is 0.500. The van der Waals surface area contributed by atoms with E-state index in [9.17, 15) is 18.0 Å². The average Bonchev–Trinajstić information content (AvgIpc) is 1.79. The quantitative estimate of drug-likeness (QED) is 0.362. The molecular formula is C4H9AlO7S. The molecule has 0 spiro atoms. The summed E-state index contributed by atoms with van der Waals surface area (Å²) in [5.41, 5.74) is 0. The summed E-state index contributed by atoms with van der Waals surface area (Å²) in [5.74, 6) is -3.50. The van der Waals surface area contributed by atoms with Crippen LogP contribution in [0, 0.1) is 0 Å². The number of aliphatic carboxylic acids is 2. The topological polar surface area (TPSA) is 129 Å². The lowest BCUT2D eigenvalue weighted by Gasteiger charge is -2.04. The van der Waals surface area contributed by atoms with Gasteiger partial charge in [-0.15, -0.1) is 0 Å². The Morgan fingerprint density at radius 1 is 1.23 bits per heavy atom. The Balaban J connectivity index is 0. The third-order valence-corrected chi connectivity index (χ3v) is 2.08. The largest absolute Gasteiger partial charge is 0.481 e. The van der Waals surface area contributed by atoms with Gasteiger partial charge in [-0.05, 0) is 0 Å². The summed E-state index contributed by atoms with van der Waals surface area (Å²) in [4.78, 5) is 20.0. The molecule has 1 atom stereocenters. The fourth-order valence-corrected chi connectivity index (χ4v) is 1.09. The van der Waals surface area contributed by atoms with Gasteiger partial charge in [0.05, 0.1) is 6.42 Å². The minimum absolute atomic E-state index is 0. The van der Waals surface area contributed by atoms with Gasteiger partial charge in [0.15, 0.2) is 22.6 Å². The first-order chi connectivity index (χ1) is 5.25. The van der Waals surface area contributed by atoms with E-state index in [2.05, 4.69) is 0 Å². The van der Waals surface area contributed by atoms with Crippen LogP contribution < -0.4 is 0 Å². The monoisotopic (exact) mass is 228 g/mol. The van der Waals surface area contributed by atoms with Crippen molar-refractivity contribution >= 4 is 39.4 Å². The normalized spacial score (nSPS) is 12.7. The van der Waals surface area contributed by atoms with Crippen molar-refractivity contribution in [2.75, 3.05) is 0 Å². The highest BCUT2D eigenvalue weighted by Crippen LogP contribution is 2.04. The van der Waals surface area contributed by atoms with Gasteiger partial charge in [0.25, 0.3) is 10.1 Å². The van der Waals surface area contributed by atoms with Crippen LogP contribution in [-0.2, 0) is 19.7 Å².